The summed E-state index contributed by atoms with van der Waals surface area (Å²) >= 11 is 1.52. The van der Waals surface area contributed by atoms with E-state index in [2.05, 4.69) is 38.1 Å². The van der Waals surface area contributed by atoms with Crippen LogP contribution in [0.25, 0.3) is 10.2 Å². The summed E-state index contributed by atoms with van der Waals surface area (Å²) in [4.78, 5) is 16.7. The van der Waals surface area contributed by atoms with Gasteiger partial charge in [0, 0.05) is 11.8 Å². The van der Waals surface area contributed by atoms with Gasteiger partial charge in [0.2, 0.25) is 0 Å². The maximum absolute atomic E-state index is 12.3. The first-order valence-corrected chi connectivity index (χ1v) is 10.0. The molecule has 0 unspecified atom stereocenters. The molecule has 0 spiro atoms. The number of para-hydroxylation sites is 1. The van der Waals surface area contributed by atoms with E-state index in [1.54, 1.807) is 19.3 Å². The van der Waals surface area contributed by atoms with E-state index in [9.17, 15) is 4.79 Å². The summed E-state index contributed by atoms with van der Waals surface area (Å²) in [6, 6.07) is 17.5. The Morgan fingerprint density at radius 2 is 2.00 bits per heavy atom. The molecule has 29 heavy (non-hydrogen) atoms. The molecule has 2 aromatic heterocycles. The maximum atomic E-state index is 12.3. The molecule has 146 valence electrons. The number of hydrazone groups is 1. The minimum absolute atomic E-state index is 0.239. The lowest BCUT2D eigenvalue weighted by Crippen LogP contribution is -2.34. The van der Waals surface area contributed by atoms with Gasteiger partial charge in [0.1, 0.15) is 6.04 Å². The average Bonchev–Trinajstić information content (AvgIpc) is 3.34. The summed E-state index contributed by atoms with van der Waals surface area (Å²) in [5.41, 5.74) is 5.45. The first kappa shape index (κ1) is 18.8. The molecule has 0 aliphatic carbocycles. The van der Waals surface area contributed by atoms with Crippen molar-refractivity contribution in [3.05, 3.63) is 78.1 Å². The predicted molar refractivity (Wildman–Crippen MR) is 116 cm³/mol. The number of fused-ring (bicyclic) bond motifs is 1. The van der Waals surface area contributed by atoms with E-state index < -0.39 is 6.04 Å². The number of hydrogen-bond acceptors (Lipinski definition) is 6. The topological polar surface area (TPSA) is 84.2 Å². The van der Waals surface area contributed by atoms with E-state index in [1.165, 1.54) is 16.9 Å². The van der Waals surface area contributed by atoms with Gasteiger partial charge < -0.3 is 5.32 Å². The van der Waals surface area contributed by atoms with Crippen LogP contribution in [0, 0.1) is 0 Å². The largest absolute Gasteiger partial charge is 0.350 e. The van der Waals surface area contributed by atoms with Gasteiger partial charge >= 0.3 is 0 Å². The number of amides is 1. The van der Waals surface area contributed by atoms with Crippen LogP contribution in [0.15, 0.2) is 72.1 Å². The number of carbonyl (C=O) groups excluding carboxylic acids is 1. The van der Waals surface area contributed by atoms with Gasteiger partial charge in [-0.1, -0.05) is 53.8 Å². The Balaban J connectivity index is 1.30. The number of nitrogens with one attached hydrogen (secondary N) is 2. The molecule has 4 aromatic rings. The van der Waals surface area contributed by atoms with Crippen LogP contribution < -0.4 is 10.7 Å². The molecule has 0 aliphatic heterocycles. The minimum atomic E-state index is -0.464. The molecule has 4 rings (SSSR count). The fourth-order valence-corrected chi connectivity index (χ4v) is 3.71. The summed E-state index contributed by atoms with van der Waals surface area (Å²) < 4.78 is 2.91. The minimum Gasteiger partial charge on any atom is -0.350 e. The molecule has 1 amide bonds. The van der Waals surface area contributed by atoms with Crippen molar-refractivity contribution in [1.29, 1.82) is 0 Å². The smallest absolute Gasteiger partial charge is 0.262 e. The monoisotopic (exact) mass is 404 g/mol. The number of benzene rings is 2. The van der Waals surface area contributed by atoms with E-state index in [0.29, 0.717) is 11.7 Å². The highest BCUT2D eigenvalue weighted by Crippen LogP contribution is 2.25. The van der Waals surface area contributed by atoms with Crippen LogP contribution in [-0.2, 0) is 11.3 Å². The SMILES string of the molecule is C[C@H](Nc1nc2ccccc2s1)C(=O)N/N=C\c1cnn(Cc2ccccc2)c1. The van der Waals surface area contributed by atoms with Crippen molar-refractivity contribution in [3.8, 4) is 0 Å². The summed E-state index contributed by atoms with van der Waals surface area (Å²) in [6.07, 6.45) is 5.17. The van der Waals surface area contributed by atoms with Gasteiger partial charge in [-0.15, -0.1) is 0 Å². The second kappa shape index (κ2) is 8.66. The molecule has 2 heterocycles. The Kier molecular flexibility index (Phi) is 5.62. The van der Waals surface area contributed by atoms with Crippen molar-refractivity contribution in [2.24, 2.45) is 5.10 Å². The quantitative estimate of drug-likeness (QED) is 0.365. The van der Waals surface area contributed by atoms with Crippen LogP contribution in [0.4, 0.5) is 5.13 Å². The first-order chi connectivity index (χ1) is 14.2. The third-order valence-electron chi connectivity index (χ3n) is 4.26. The van der Waals surface area contributed by atoms with Crippen LogP contribution in [0.2, 0.25) is 0 Å². The summed E-state index contributed by atoms with van der Waals surface area (Å²) in [7, 11) is 0. The number of thiazole rings is 1. The summed E-state index contributed by atoms with van der Waals surface area (Å²) in [5.74, 6) is -0.239. The molecule has 0 radical (unpaired) electrons. The van der Waals surface area contributed by atoms with Gasteiger partial charge in [0.25, 0.3) is 5.91 Å². The summed E-state index contributed by atoms with van der Waals surface area (Å²) in [5, 5.41) is 12.2. The zero-order chi connectivity index (χ0) is 20.1. The zero-order valence-corrected chi connectivity index (χ0v) is 16.6. The number of carbonyl (C=O) groups is 1. The second-order valence-corrected chi connectivity index (χ2v) is 7.57. The average molecular weight is 404 g/mol. The maximum Gasteiger partial charge on any atom is 0.262 e. The lowest BCUT2D eigenvalue weighted by atomic mass is 10.2. The Morgan fingerprint density at radius 3 is 2.83 bits per heavy atom. The highest BCUT2D eigenvalue weighted by molar-refractivity contribution is 7.22. The van der Waals surface area contributed by atoms with Crippen LogP contribution >= 0.6 is 11.3 Å². The third kappa shape index (κ3) is 4.85. The molecule has 0 saturated carbocycles. The molecule has 1 atom stereocenters. The fraction of sp³-hybridized carbons (Fsp3) is 0.143. The van der Waals surface area contributed by atoms with Gasteiger partial charge in [0.05, 0.1) is 29.2 Å². The number of rotatable bonds is 7. The lowest BCUT2D eigenvalue weighted by Gasteiger charge is -2.10. The summed E-state index contributed by atoms with van der Waals surface area (Å²) in [6.45, 7) is 2.46. The molecule has 0 fully saturated rings. The molecule has 2 N–H and O–H groups in total. The van der Waals surface area contributed by atoms with Crippen molar-refractivity contribution in [3.63, 3.8) is 0 Å². The fourth-order valence-electron chi connectivity index (χ4n) is 2.76. The standard InChI is InChI=1S/C21H20N6OS/c1-15(24-21-25-18-9-5-6-10-19(18)29-21)20(28)26-22-11-17-12-23-27(14-17)13-16-7-3-2-4-8-16/h2-12,14-15H,13H2,1H3,(H,24,25)(H,26,28)/b22-11-/t15-/m0/s1. The number of anilines is 1. The number of nitrogens with zero attached hydrogens (tertiary/aromatic N) is 4. The van der Waals surface area contributed by atoms with E-state index in [0.717, 1.165) is 15.8 Å². The normalized spacial score (nSPS) is 12.3. The second-order valence-electron chi connectivity index (χ2n) is 6.54. The third-order valence-corrected chi connectivity index (χ3v) is 5.22. The predicted octanol–water partition coefficient (Wildman–Crippen LogP) is 3.49. The molecule has 7 nitrogen and oxygen atoms in total. The van der Waals surface area contributed by atoms with Gasteiger partial charge in [-0.3, -0.25) is 9.48 Å². The van der Waals surface area contributed by atoms with Crippen LogP contribution in [0.3, 0.4) is 0 Å². The van der Waals surface area contributed by atoms with Gasteiger partial charge in [-0.05, 0) is 24.6 Å². The Morgan fingerprint density at radius 1 is 1.21 bits per heavy atom. The van der Waals surface area contributed by atoms with E-state index in [-0.39, 0.29) is 5.91 Å². The van der Waals surface area contributed by atoms with E-state index in [4.69, 9.17) is 0 Å². The highest BCUT2D eigenvalue weighted by Gasteiger charge is 2.14. The van der Waals surface area contributed by atoms with Crippen molar-refractivity contribution < 1.29 is 4.79 Å². The highest BCUT2D eigenvalue weighted by atomic mass is 32.1. The van der Waals surface area contributed by atoms with Crippen molar-refractivity contribution in [2.45, 2.75) is 19.5 Å². The van der Waals surface area contributed by atoms with Crippen LogP contribution in [0.1, 0.15) is 18.1 Å². The van der Waals surface area contributed by atoms with E-state index in [1.807, 2.05) is 53.3 Å². The lowest BCUT2D eigenvalue weighted by molar-refractivity contribution is -0.121. The molecular weight excluding hydrogens is 384 g/mol. The van der Waals surface area contributed by atoms with Gasteiger partial charge in [0.15, 0.2) is 5.13 Å². The van der Waals surface area contributed by atoms with Crippen molar-refractivity contribution in [2.75, 3.05) is 5.32 Å². The zero-order valence-electron chi connectivity index (χ0n) is 15.8. The van der Waals surface area contributed by atoms with Crippen molar-refractivity contribution >= 4 is 38.8 Å². The number of hydrogen-bond donors (Lipinski definition) is 2. The first-order valence-electron chi connectivity index (χ1n) is 9.19. The molecule has 0 aliphatic rings. The number of aromatic nitrogens is 3. The van der Waals surface area contributed by atoms with Gasteiger partial charge in [-0.25, -0.2) is 10.4 Å². The molecule has 2 aromatic carbocycles. The molecule has 8 heteroatoms. The molecule has 0 saturated heterocycles. The van der Waals surface area contributed by atoms with Crippen molar-refractivity contribution in [1.82, 2.24) is 20.2 Å². The molecule has 0 bridgehead atoms. The van der Waals surface area contributed by atoms with Crippen LogP contribution in [-0.4, -0.2) is 32.9 Å². The van der Waals surface area contributed by atoms with Gasteiger partial charge in [-0.2, -0.15) is 10.2 Å². The molecular formula is C21H20N6OS. The van der Waals surface area contributed by atoms with Crippen LogP contribution in [0.5, 0.6) is 0 Å². The Bertz CT molecular complexity index is 1100. The Hall–Kier alpha value is -3.52. The van der Waals surface area contributed by atoms with E-state index >= 15 is 0 Å². The Labute approximate surface area is 172 Å².